The van der Waals surface area contributed by atoms with Crippen molar-refractivity contribution < 1.29 is 22.7 Å². The number of aryl methyl sites for hydroxylation is 1. The second-order valence-electron chi connectivity index (χ2n) is 7.25. The van der Waals surface area contributed by atoms with Crippen LogP contribution in [0, 0.1) is 6.92 Å². The summed E-state index contributed by atoms with van der Waals surface area (Å²) >= 11 is 0. The number of alkyl halides is 3. The Labute approximate surface area is 165 Å². The predicted molar refractivity (Wildman–Crippen MR) is 103 cm³/mol. The van der Waals surface area contributed by atoms with Gasteiger partial charge in [-0.25, -0.2) is 4.98 Å². The van der Waals surface area contributed by atoms with E-state index in [-0.39, 0.29) is 17.2 Å². The lowest BCUT2D eigenvalue weighted by Gasteiger charge is -2.13. The molecule has 4 rings (SSSR count). The van der Waals surface area contributed by atoms with E-state index >= 15 is 0 Å². The molecule has 0 aliphatic carbocycles. The molecule has 29 heavy (non-hydrogen) atoms. The predicted octanol–water partition coefficient (Wildman–Crippen LogP) is 4.43. The maximum atomic E-state index is 12.9. The highest BCUT2D eigenvalue weighted by atomic mass is 19.4. The molecule has 1 unspecified atom stereocenters. The molecule has 2 aromatic heterocycles. The molecule has 0 amide bonds. The Morgan fingerprint density at radius 2 is 2.07 bits per heavy atom. The summed E-state index contributed by atoms with van der Waals surface area (Å²) in [6.45, 7) is 6.54. The Morgan fingerprint density at radius 1 is 1.28 bits per heavy atom. The number of phenols is 1. The van der Waals surface area contributed by atoms with Crippen molar-refractivity contribution in [2.75, 3.05) is 25.0 Å². The fraction of sp³-hybridized carbons (Fsp3) is 0.400. The number of hydrogen-bond acceptors (Lipinski definition) is 6. The minimum absolute atomic E-state index is 0.240. The van der Waals surface area contributed by atoms with Gasteiger partial charge in [-0.1, -0.05) is 6.92 Å². The topological polar surface area (TPSA) is 74.4 Å². The average Bonchev–Trinajstić information content (AvgIpc) is 3.26. The summed E-state index contributed by atoms with van der Waals surface area (Å²) in [5, 5.41) is 13.5. The molecule has 1 aromatic carbocycles. The van der Waals surface area contributed by atoms with E-state index in [0.29, 0.717) is 29.0 Å². The monoisotopic (exact) mass is 406 g/mol. The van der Waals surface area contributed by atoms with Crippen molar-refractivity contribution in [1.29, 1.82) is 0 Å². The summed E-state index contributed by atoms with van der Waals surface area (Å²) in [5.74, 6) is -0.475. The normalized spacial score (nSPS) is 17.9. The van der Waals surface area contributed by atoms with E-state index in [1.165, 1.54) is 6.92 Å². The SMILES string of the molecule is CCN1CCC(Nc2nc3nc(-c4c(C)cc(C(F)(F)F)cc4O)ccc3o2)C1. The highest BCUT2D eigenvalue weighted by molar-refractivity contribution is 5.78. The Kier molecular flexibility index (Phi) is 4.85. The van der Waals surface area contributed by atoms with Gasteiger partial charge in [0.2, 0.25) is 5.65 Å². The van der Waals surface area contributed by atoms with Gasteiger partial charge >= 0.3 is 6.18 Å². The quantitative estimate of drug-likeness (QED) is 0.668. The summed E-state index contributed by atoms with van der Waals surface area (Å²) in [6, 6.07) is 5.56. The number of aromatic nitrogens is 2. The van der Waals surface area contributed by atoms with Crippen LogP contribution in [0.15, 0.2) is 28.7 Å². The zero-order chi connectivity index (χ0) is 20.8. The first kappa shape index (κ1) is 19.5. The Hall–Kier alpha value is -2.81. The van der Waals surface area contributed by atoms with Crippen LogP contribution in [0.4, 0.5) is 19.2 Å². The first-order valence-electron chi connectivity index (χ1n) is 9.42. The largest absolute Gasteiger partial charge is 0.507 e. The molecule has 0 spiro atoms. The third-order valence-electron chi connectivity index (χ3n) is 5.20. The third kappa shape index (κ3) is 3.87. The van der Waals surface area contributed by atoms with Crippen molar-refractivity contribution in [3.63, 3.8) is 0 Å². The van der Waals surface area contributed by atoms with E-state index in [9.17, 15) is 18.3 Å². The lowest BCUT2D eigenvalue weighted by Crippen LogP contribution is -2.26. The number of nitrogens with one attached hydrogen (secondary N) is 1. The van der Waals surface area contributed by atoms with E-state index in [1.54, 1.807) is 12.1 Å². The summed E-state index contributed by atoms with van der Waals surface area (Å²) < 4.78 is 44.5. The van der Waals surface area contributed by atoms with Crippen LogP contribution in [0.1, 0.15) is 24.5 Å². The number of anilines is 1. The van der Waals surface area contributed by atoms with Gasteiger partial charge < -0.3 is 19.7 Å². The summed E-state index contributed by atoms with van der Waals surface area (Å²) in [4.78, 5) is 11.1. The molecule has 0 radical (unpaired) electrons. The number of halogens is 3. The molecule has 3 aromatic rings. The fourth-order valence-corrected chi connectivity index (χ4v) is 3.70. The number of nitrogens with zero attached hydrogens (tertiary/aromatic N) is 3. The van der Waals surface area contributed by atoms with Crippen molar-refractivity contribution in [3.05, 3.63) is 35.4 Å². The number of phenolic OH excluding ortho intramolecular Hbond substituents is 1. The number of aromatic hydroxyl groups is 1. The standard InChI is InChI=1S/C20H21F3N4O2/c1-3-27-7-6-13(10-27)24-19-26-18-16(29-19)5-4-14(25-18)17-11(2)8-12(9-15(17)28)20(21,22)23/h4-5,8-9,13,28H,3,6-7,10H2,1-2H3,(H,24,25,26). The maximum absolute atomic E-state index is 12.9. The van der Waals surface area contributed by atoms with Gasteiger partial charge in [-0.3, -0.25) is 0 Å². The molecule has 0 saturated carbocycles. The van der Waals surface area contributed by atoms with Crippen molar-refractivity contribution >= 4 is 17.2 Å². The molecule has 9 heteroatoms. The van der Waals surface area contributed by atoms with Crippen LogP contribution < -0.4 is 5.32 Å². The number of likely N-dealkylation sites (tertiary alicyclic amines) is 1. The second-order valence-corrected chi connectivity index (χ2v) is 7.25. The first-order chi connectivity index (χ1) is 13.7. The molecule has 6 nitrogen and oxygen atoms in total. The van der Waals surface area contributed by atoms with Crippen LogP contribution in [-0.4, -0.2) is 45.7 Å². The number of likely N-dealkylation sites (N-methyl/N-ethyl adjacent to an activating group) is 1. The van der Waals surface area contributed by atoms with E-state index in [0.717, 1.165) is 32.1 Å². The van der Waals surface area contributed by atoms with Crippen LogP contribution >= 0.6 is 0 Å². The third-order valence-corrected chi connectivity index (χ3v) is 5.20. The summed E-state index contributed by atoms with van der Waals surface area (Å²) in [6.07, 6.45) is -3.54. The molecule has 3 heterocycles. The van der Waals surface area contributed by atoms with E-state index < -0.39 is 17.5 Å². The smallest absolute Gasteiger partial charge is 0.416 e. The number of hydrogen-bond donors (Lipinski definition) is 2. The van der Waals surface area contributed by atoms with E-state index in [1.807, 2.05) is 0 Å². The molecular weight excluding hydrogens is 385 g/mol. The second kappa shape index (κ2) is 7.22. The molecule has 1 fully saturated rings. The zero-order valence-electron chi connectivity index (χ0n) is 16.0. The number of pyridine rings is 1. The number of rotatable bonds is 4. The van der Waals surface area contributed by atoms with Crippen molar-refractivity contribution in [1.82, 2.24) is 14.9 Å². The Morgan fingerprint density at radius 3 is 2.72 bits per heavy atom. The van der Waals surface area contributed by atoms with Crippen molar-refractivity contribution in [3.8, 4) is 17.0 Å². The molecule has 1 aliphatic rings. The molecule has 1 atom stereocenters. The van der Waals surface area contributed by atoms with Crippen LogP contribution in [0.25, 0.3) is 22.5 Å². The van der Waals surface area contributed by atoms with Gasteiger partial charge in [0.05, 0.1) is 11.3 Å². The Bertz CT molecular complexity index is 1020. The van der Waals surface area contributed by atoms with Gasteiger partial charge in [-0.15, -0.1) is 0 Å². The van der Waals surface area contributed by atoms with Crippen LogP contribution in [-0.2, 0) is 6.18 Å². The molecular formula is C20H21F3N4O2. The van der Waals surface area contributed by atoms with Crippen LogP contribution in [0.3, 0.4) is 0 Å². The van der Waals surface area contributed by atoms with Gasteiger partial charge in [-0.2, -0.15) is 18.2 Å². The minimum Gasteiger partial charge on any atom is -0.507 e. The highest BCUT2D eigenvalue weighted by Gasteiger charge is 2.32. The van der Waals surface area contributed by atoms with Crippen molar-refractivity contribution in [2.24, 2.45) is 0 Å². The molecule has 1 saturated heterocycles. The molecule has 2 N–H and O–H groups in total. The Balaban J connectivity index is 1.63. The molecule has 154 valence electrons. The van der Waals surface area contributed by atoms with E-state index in [2.05, 4.69) is 27.1 Å². The first-order valence-corrected chi connectivity index (χ1v) is 9.42. The summed E-state index contributed by atoms with van der Waals surface area (Å²) in [7, 11) is 0. The van der Waals surface area contributed by atoms with Gasteiger partial charge in [0.15, 0.2) is 5.58 Å². The molecule has 0 bridgehead atoms. The lowest BCUT2D eigenvalue weighted by molar-refractivity contribution is -0.137. The molecule has 1 aliphatic heterocycles. The maximum Gasteiger partial charge on any atom is 0.416 e. The van der Waals surface area contributed by atoms with Gasteiger partial charge in [-0.05, 0) is 49.7 Å². The lowest BCUT2D eigenvalue weighted by atomic mass is 10.0. The van der Waals surface area contributed by atoms with Crippen LogP contribution in [0.2, 0.25) is 0 Å². The fourth-order valence-electron chi connectivity index (χ4n) is 3.70. The zero-order valence-corrected chi connectivity index (χ0v) is 16.0. The summed E-state index contributed by atoms with van der Waals surface area (Å²) in [5.41, 5.74) is 0.741. The minimum atomic E-state index is -4.53. The number of fused-ring (bicyclic) bond motifs is 1. The van der Waals surface area contributed by atoms with Crippen LogP contribution in [0.5, 0.6) is 5.75 Å². The number of oxazole rings is 1. The van der Waals surface area contributed by atoms with Gasteiger partial charge in [0, 0.05) is 24.7 Å². The van der Waals surface area contributed by atoms with E-state index in [4.69, 9.17) is 4.42 Å². The van der Waals surface area contributed by atoms with Crippen molar-refractivity contribution in [2.45, 2.75) is 32.5 Å². The average molecular weight is 406 g/mol. The highest BCUT2D eigenvalue weighted by Crippen LogP contribution is 2.39. The number of benzene rings is 1. The van der Waals surface area contributed by atoms with Gasteiger partial charge in [0.1, 0.15) is 5.75 Å². The van der Waals surface area contributed by atoms with Gasteiger partial charge in [0.25, 0.3) is 6.01 Å².